The maximum Gasteiger partial charge on any atom is 0.144 e. The third kappa shape index (κ3) is 5.88. The quantitative estimate of drug-likeness (QED) is 0.0892. The summed E-state index contributed by atoms with van der Waals surface area (Å²) >= 11 is 0. The Morgan fingerprint density at radius 2 is 0.452 bits per heavy atom. The third-order valence-corrected chi connectivity index (χ3v) is 14.9. The van der Waals surface area contributed by atoms with Crippen molar-refractivity contribution in [3.63, 3.8) is 0 Å². The highest BCUT2D eigenvalue weighted by Crippen LogP contribution is 2.53. The number of fused-ring (bicyclic) bond motifs is 6. The van der Waals surface area contributed by atoms with Crippen LogP contribution in [0, 0.1) is 0 Å². The lowest BCUT2D eigenvalue weighted by atomic mass is 9.92. The van der Waals surface area contributed by atoms with Gasteiger partial charge in [0.05, 0.1) is 15.9 Å². The molecule has 62 heavy (non-hydrogen) atoms. The van der Waals surface area contributed by atoms with Crippen LogP contribution >= 0.6 is 7.14 Å². The van der Waals surface area contributed by atoms with Gasteiger partial charge in [-0.05, 0) is 153 Å². The van der Waals surface area contributed by atoms with Gasteiger partial charge in [0.15, 0.2) is 0 Å². The highest BCUT2D eigenvalue weighted by molar-refractivity contribution is 8.13. The largest absolute Gasteiger partial charge is 0.144 e. The first-order chi connectivity index (χ1) is 30.6. The average Bonchev–Trinajstić information content (AvgIpc) is 3.34. The summed E-state index contributed by atoms with van der Waals surface area (Å²) in [4.78, 5) is 0. The van der Waals surface area contributed by atoms with E-state index in [0.717, 1.165) is 0 Å². The van der Waals surface area contributed by atoms with Gasteiger partial charge < -0.3 is 0 Å². The van der Waals surface area contributed by atoms with Gasteiger partial charge >= 0.3 is 0 Å². The third-order valence-electron chi connectivity index (χ3n) is 12.5. The molecule has 12 rings (SSSR count). The van der Waals surface area contributed by atoms with E-state index in [1.807, 2.05) is 0 Å². The van der Waals surface area contributed by atoms with Gasteiger partial charge in [-0.3, -0.25) is 0 Å². The van der Waals surface area contributed by atoms with E-state index in [1.165, 1.54) is 114 Å². The zero-order valence-corrected chi connectivity index (χ0v) is 34.4. The van der Waals surface area contributed by atoms with Crippen molar-refractivity contribution in [3.05, 3.63) is 237 Å². The fourth-order valence-corrected chi connectivity index (χ4v) is 12.2. The molecular formula is C60H42BP. The highest BCUT2D eigenvalue weighted by Gasteiger charge is 2.35. The van der Waals surface area contributed by atoms with Gasteiger partial charge in [-0.2, -0.15) is 0 Å². The van der Waals surface area contributed by atoms with Crippen molar-refractivity contribution in [1.29, 1.82) is 0 Å². The van der Waals surface area contributed by atoms with E-state index in [-0.39, 0.29) is 7.57 Å². The molecule has 0 aliphatic heterocycles. The average molecular weight is 805 g/mol. The van der Waals surface area contributed by atoms with Crippen LogP contribution in [0.15, 0.2) is 237 Å². The molecule has 0 saturated carbocycles. The molecule has 2 heteroatoms. The maximum atomic E-state index is 2.58. The van der Waals surface area contributed by atoms with Crippen LogP contribution in [0.25, 0.3) is 98.0 Å². The Bertz CT molecular complexity index is 3180. The number of hydrogen-bond acceptors (Lipinski definition) is 0. The van der Waals surface area contributed by atoms with Crippen LogP contribution in [-0.2, 0) is 0 Å². The standard InChI is InChI=1S/C60H42BP/c61-62(49-25-13-22-46(37-49)58-52-28-7-1-16-40(52)34-41-17-2-8-29-53(41)58,50-26-14-23-47(38-50)59-54-30-9-3-18-42(54)35-43-19-4-10-31-55(43)59)51-27-15-24-48(39-51)60-56-32-11-5-20-44(56)36-45-21-6-12-33-57(45)60/h1-39H,61H3. The molecule has 0 saturated heterocycles. The molecule has 0 atom stereocenters. The Labute approximate surface area is 363 Å². The van der Waals surface area contributed by atoms with E-state index in [2.05, 4.69) is 237 Å². The Kier molecular flexibility index (Phi) is 8.67. The first kappa shape index (κ1) is 36.5. The van der Waals surface area contributed by atoms with Crippen LogP contribution in [0.4, 0.5) is 0 Å². The SMILES string of the molecule is [BH3-][P+](c1cccc(-c2c3ccccc3cc3ccccc23)c1)(c1cccc(-c2c3ccccc3cc3ccccc23)c1)c1cccc(-c2c3ccccc3cc3ccccc23)c1. The Hall–Kier alpha value is -7.31. The van der Waals surface area contributed by atoms with Crippen LogP contribution in [0.2, 0.25) is 0 Å². The van der Waals surface area contributed by atoms with Gasteiger partial charge in [-0.1, -0.05) is 189 Å². The van der Waals surface area contributed by atoms with Gasteiger partial charge in [0.25, 0.3) is 0 Å². The minimum Gasteiger partial charge on any atom is -0.0616 e. The fraction of sp³-hybridized carbons (Fsp3) is 0. The van der Waals surface area contributed by atoms with E-state index >= 15 is 0 Å². The predicted octanol–water partition coefficient (Wildman–Crippen LogP) is 14.2. The van der Waals surface area contributed by atoms with Crippen LogP contribution in [-0.4, -0.2) is 7.57 Å². The van der Waals surface area contributed by atoms with Crippen molar-refractivity contribution in [2.24, 2.45) is 0 Å². The second-order valence-electron chi connectivity index (χ2n) is 16.1. The van der Waals surface area contributed by atoms with Crippen molar-refractivity contribution in [3.8, 4) is 33.4 Å². The van der Waals surface area contributed by atoms with E-state index in [1.54, 1.807) is 0 Å². The van der Waals surface area contributed by atoms with Crippen molar-refractivity contribution >= 4 is 95.3 Å². The predicted molar refractivity (Wildman–Crippen MR) is 276 cm³/mol. The van der Waals surface area contributed by atoms with E-state index < -0.39 is 7.14 Å². The summed E-state index contributed by atoms with van der Waals surface area (Å²) < 4.78 is 0. The smallest absolute Gasteiger partial charge is 0.0616 e. The molecule has 0 aromatic heterocycles. The summed E-state index contributed by atoms with van der Waals surface area (Å²) in [5, 5.41) is 19.8. The summed E-state index contributed by atoms with van der Waals surface area (Å²) in [6.07, 6.45) is 0. The Morgan fingerprint density at radius 3 is 0.694 bits per heavy atom. The number of rotatable bonds is 6. The summed E-state index contributed by atoms with van der Waals surface area (Å²) in [6.45, 7) is 0. The zero-order chi connectivity index (χ0) is 41.2. The zero-order valence-electron chi connectivity index (χ0n) is 33.5. The Morgan fingerprint density at radius 1 is 0.226 bits per heavy atom. The maximum absolute atomic E-state index is 2.58. The topological polar surface area (TPSA) is 0 Å². The summed E-state index contributed by atoms with van der Waals surface area (Å²) in [6, 6.07) is 89.6. The number of benzene rings is 12. The van der Waals surface area contributed by atoms with E-state index in [4.69, 9.17) is 0 Å². The molecule has 0 spiro atoms. The lowest BCUT2D eigenvalue weighted by Gasteiger charge is -2.31. The van der Waals surface area contributed by atoms with Crippen molar-refractivity contribution < 1.29 is 0 Å². The normalized spacial score (nSPS) is 12.0. The molecule has 0 N–H and O–H groups in total. The summed E-state index contributed by atoms with van der Waals surface area (Å²) in [5.41, 5.74) is 7.81. The lowest BCUT2D eigenvalue weighted by Crippen LogP contribution is -2.31. The molecular weight excluding hydrogens is 762 g/mol. The van der Waals surface area contributed by atoms with Crippen LogP contribution in [0.1, 0.15) is 0 Å². The van der Waals surface area contributed by atoms with Crippen LogP contribution < -0.4 is 15.9 Å². The van der Waals surface area contributed by atoms with Crippen LogP contribution in [0.5, 0.6) is 0 Å². The number of hydrogen-bond donors (Lipinski definition) is 0. The lowest BCUT2D eigenvalue weighted by molar-refractivity contribution is 1.68. The Balaban J connectivity index is 1.13. The van der Waals surface area contributed by atoms with Crippen molar-refractivity contribution in [1.82, 2.24) is 0 Å². The summed E-state index contributed by atoms with van der Waals surface area (Å²) in [7, 11) is -2.45. The van der Waals surface area contributed by atoms with Gasteiger partial charge in [0, 0.05) is 0 Å². The first-order valence-electron chi connectivity index (χ1n) is 21.1. The monoisotopic (exact) mass is 804 g/mol. The molecule has 0 heterocycles. The van der Waals surface area contributed by atoms with Gasteiger partial charge in [-0.15, -0.1) is 0 Å². The fourth-order valence-electron chi connectivity index (χ4n) is 9.82. The van der Waals surface area contributed by atoms with Crippen LogP contribution in [0.3, 0.4) is 0 Å². The molecule has 12 aromatic rings. The summed E-state index contributed by atoms with van der Waals surface area (Å²) in [5.74, 6) is 0. The van der Waals surface area contributed by atoms with E-state index in [0.29, 0.717) is 0 Å². The van der Waals surface area contributed by atoms with Crippen molar-refractivity contribution in [2.45, 2.75) is 0 Å². The minimum atomic E-state index is -2.08. The first-order valence-corrected chi connectivity index (χ1v) is 22.4. The van der Waals surface area contributed by atoms with Gasteiger partial charge in [0.1, 0.15) is 7.57 Å². The molecule has 0 fully saturated rings. The molecule has 0 nitrogen and oxygen atoms in total. The second-order valence-corrected chi connectivity index (χ2v) is 18.3. The molecule has 0 radical (unpaired) electrons. The molecule has 12 aromatic carbocycles. The van der Waals surface area contributed by atoms with Crippen molar-refractivity contribution in [2.75, 3.05) is 0 Å². The van der Waals surface area contributed by atoms with E-state index in [9.17, 15) is 0 Å². The van der Waals surface area contributed by atoms with Gasteiger partial charge in [0.2, 0.25) is 0 Å². The molecule has 290 valence electrons. The molecule has 0 bridgehead atoms. The highest BCUT2D eigenvalue weighted by atomic mass is 31.2. The molecule has 0 amide bonds. The minimum absolute atomic E-state index is 0.371. The van der Waals surface area contributed by atoms with Gasteiger partial charge in [-0.25, -0.2) is 0 Å². The molecule has 0 unspecified atom stereocenters. The second kappa shape index (κ2) is 14.7. The molecule has 0 aliphatic carbocycles. The molecule has 0 aliphatic rings.